The van der Waals surface area contributed by atoms with Crippen LogP contribution in [0, 0.1) is 5.82 Å². The number of halogens is 1. The van der Waals surface area contributed by atoms with Crippen molar-refractivity contribution in [2.45, 2.75) is 51.2 Å². The van der Waals surface area contributed by atoms with Gasteiger partial charge in [0.15, 0.2) is 0 Å². The molecule has 2 atom stereocenters. The van der Waals surface area contributed by atoms with Crippen LogP contribution in [0.15, 0.2) is 18.2 Å². The van der Waals surface area contributed by atoms with Gasteiger partial charge in [0, 0.05) is 24.1 Å². The first-order valence-electron chi connectivity index (χ1n) is 6.42. The van der Waals surface area contributed by atoms with Crippen molar-refractivity contribution in [1.82, 2.24) is 0 Å². The Labute approximate surface area is 102 Å². The molecular formula is C14H20FNO. The molecule has 17 heavy (non-hydrogen) atoms. The Hall–Kier alpha value is -1.09. The van der Waals surface area contributed by atoms with Gasteiger partial charge in [-0.2, -0.15) is 0 Å². The van der Waals surface area contributed by atoms with Crippen molar-refractivity contribution < 1.29 is 9.13 Å². The maximum absolute atomic E-state index is 13.1. The Balaban J connectivity index is 2.04. The van der Waals surface area contributed by atoms with Crippen molar-refractivity contribution in [2.75, 3.05) is 0 Å². The van der Waals surface area contributed by atoms with E-state index in [1.165, 1.54) is 25.0 Å². The monoisotopic (exact) mass is 237 g/mol. The van der Waals surface area contributed by atoms with Crippen molar-refractivity contribution in [2.24, 2.45) is 5.73 Å². The summed E-state index contributed by atoms with van der Waals surface area (Å²) in [6.07, 6.45) is 5.55. The molecule has 2 unspecified atom stereocenters. The second kappa shape index (κ2) is 5.50. The molecule has 2 rings (SSSR count). The van der Waals surface area contributed by atoms with Crippen molar-refractivity contribution in [1.29, 1.82) is 0 Å². The maximum atomic E-state index is 13.1. The second-order valence-electron chi connectivity index (χ2n) is 4.76. The molecule has 0 radical (unpaired) electrons. The quantitative estimate of drug-likeness (QED) is 0.813. The van der Waals surface area contributed by atoms with Gasteiger partial charge >= 0.3 is 0 Å². The highest BCUT2D eigenvalue weighted by molar-refractivity contribution is 5.38. The summed E-state index contributed by atoms with van der Waals surface area (Å²) in [4.78, 5) is 0. The summed E-state index contributed by atoms with van der Waals surface area (Å²) >= 11 is 0. The van der Waals surface area contributed by atoms with E-state index in [9.17, 15) is 4.39 Å². The fraction of sp³-hybridized carbons (Fsp3) is 0.571. The number of fused-ring (bicyclic) bond motifs is 1. The van der Waals surface area contributed by atoms with E-state index in [4.69, 9.17) is 10.5 Å². The zero-order valence-electron chi connectivity index (χ0n) is 10.3. The molecule has 3 heteroatoms. The van der Waals surface area contributed by atoms with Crippen LogP contribution < -0.4 is 10.5 Å². The van der Waals surface area contributed by atoms with Crippen molar-refractivity contribution in [3.05, 3.63) is 29.6 Å². The zero-order valence-corrected chi connectivity index (χ0v) is 10.3. The molecule has 0 aliphatic carbocycles. The van der Waals surface area contributed by atoms with Gasteiger partial charge in [-0.05, 0) is 18.9 Å². The Kier molecular flexibility index (Phi) is 4.00. The third-order valence-electron chi connectivity index (χ3n) is 3.32. The van der Waals surface area contributed by atoms with Crippen LogP contribution in [-0.2, 0) is 0 Å². The van der Waals surface area contributed by atoms with Crippen LogP contribution in [0.1, 0.15) is 50.6 Å². The molecule has 1 aromatic rings. The van der Waals surface area contributed by atoms with Gasteiger partial charge in [-0.25, -0.2) is 4.39 Å². The Morgan fingerprint density at radius 3 is 3.00 bits per heavy atom. The summed E-state index contributed by atoms with van der Waals surface area (Å²) in [7, 11) is 0. The van der Waals surface area contributed by atoms with E-state index in [1.54, 1.807) is 6.07 Å². The van der Waals surface area contributed by atoms with Gasteiger partial charge in [-0.3, -0.25) is 0 Å². The molecule has 1 heterocycles. The number of rotatable bonds is 4. The molecule has 1 aromatic carbocycles. The molecule has 94 valence electrons. The van der Waals surface area contributed by atoms with E-state index >= 15 is 0 Å². The smallest absolute Gasteiger partial charge is 0.127 e. The molecule has 0 aromatic heterocycles. The fourth-order valence-corrected chi connectivity index (χ4v) is 2.35. The molecule has 0 saturated carbocycles. The third kappa shape index (κ3) is 2.97. The van der Waals surface area contributed by atoms with Gasteiger partial charge in [-0.15, -0.1) is 0 Å². The van der Waals surface area contributed by atoms with Crippen LogP contribution in [0.4, 0.5) is 4.39 Å². The predicted molar refractivity (Wildman–Crippen MR) is 66.5 cm³/mol. The first-order chi connectivity index (χ1) is 8.20. The van der Waals surface area contributed by atoms with Gasteiger partial charge in [0.2, 0.25) is 0 Å². The average molecular weight is 237 g/mol. The number of hydrogen-bond acceptors (Lipinski definition) is 2. The predicted octanol–water partition coefficient (Wildman–Crippen LogP) is 3.56. The molecule has 0 spiro atoms. The normalized spacial score (nSPS) is 23.0. The molecule has 0 amide bonds. The van der Waals surface area contributed by atoms with Gasteiger partial charge in [0.1, 0.15) is 17.7 Å². The molecule has 1 aliphatic rings. The highest BCUT2D eigenvalue weighted by Crippen LogP contribution is 2.35. The lowest BCUT2D eigenvalue weighted by Crippen LogP contribution is -2.29. The molecule has 2 nitrogen and oxygen atoms in total. The van der Waals surface area contributed by atoms with Gasteiger partial charge in [-0.1, -0.05) is 25.8 Å². The van der Waals surface area contributed by atoms with E-state index in [0.717, 1.165) is 24.8 Å². The highest BCUT2D eigenvalue weighted by atomic mass is 19.1. The zero-order chi connectivity index (χ0) is 12.3. The number of hydrogen-bond donors (Lipinski definition) is 1. The molecule has 0 saturated heterocycles. The van der Waals surface area contributed by atoms with Crippen molar-refractivity contribution >= 4 is 0 Å². The summed E-state index contributed by atoms with van der Waals surface area (Å²) in [6.45, 7) is 2.18. The minimum absolute atomic E-state index is 0.0222. The molecule has 0 fully saturated rings. The molecule has 2 N–H and O–H groups in total. The summed E-state index contributed by atoms with van der Waals surface area (Å²) in [5.41, 5.74) is 7.02. The fourth-order valence-electron chi connectivity index (χ4n) is 2.35. The minimum Gasteiger partial charge on any atom is -0.490 e. The average Bonchev–Trinajstić information content (AvgIpc) is 2.28. The third-order valence-corrected chi connectivity index (χ3v) is 3.32. The topological polar surface area (TPSA) is 35.2 Å². The molecular weight excluding hydrogens is 217 g/mol. The molecule has 1 aliphatic heterocycles. The van der Waals surface area contributed by atoms with E-state index < -0.39 is 0 Å². The Bertz CT molecular complexity index is 380. The lowest BCUT2D eigenvalue weighted by molar-refractivity contribution is 0.146. The van der Waals surface area contributed by atoms with E-state index in [-0.39, 0.29) is 18.0 Å². The second-order valence-corrected chi connectivity index (χ2v) is 4.76. The molecule has 0 bridgehead atoms. The van der Waals surface area contributed by atoms with Crippen molar-refractivity contribution in [3.8, 4) is 5.75 Å². The van der Waals surface area contributed by atoms with Gasteiger partial charge in [0.25, 0.3) is 0 Å². The van der Waals surface area contributed by atoms with Crippen LogP contribution >= 0.6 is 0 Å². The summed E-state index contributed by atoms with van der Waals surface area (Å²) in [6, 6.07) is 4.60. The first-order valence-corrected chi connectivity index (χ1v) is 6.42. The van der Waals surface area contributed by atoms with E-state index in [0.29, 0.717) is 5.75 Å². The number of benzene rings is 1. The van der Waals surface area contributed by atoms with Crippen LogP contribution in [0.3, 0.4) is 0 Å². The van der Waals surface area contributed by atoms with Crippen LogP contribution in [0.5, 0.6) is 5.75 Å². The number of nitrogens with two attached hydrogens (primary N) is 1. The van der Waals surface area contributed by atoms with Gasteiger partial charge < -0.3 is 10.5 Å². The van der Waals surface area contributed by atoms with E-state index in [1.807, 2.05) is 0 Å². The summed E-state index contributed by atoms with van der Waals surface area (Å²) in [5.74, 6) is 0.371. The lowest BCUT2D eigenvalue weighted by atomic mass is 9.94. The first kappa shape index (κ1) is 12.4. The lowest BCUT2D eigenvalue weighted by Gasteiger charge is -2.30. The largest absolute Gasteiger partial charge is 0.490 e. The Morgan fingerprint density at radius 2 is 2.24 bits per heavy atom. The SMILES string of the molecule is CCCCCC1CC(N)c2ccc(F)cc2O1. The van der Waals surface area contributed by atoms with Crippen molar-refractivity contribution in [3.63, 3.8) is 0 Å². The number of unbranched alkanes of at least 4 members (excludes halogenated alkanes) is 2. The minimum atomic E-state index is -0.259. The standard InChI is InChI=1S/C14H20FNO/c1-2-3-4-5-11-9-13(16)12-7-6-10(15)8-14(12)17-11/h6-8,11,13H,2-5,9,16H2,1H3. The maximum Gasteiger partial charge on any atom is 0.127 e. The van der Waals surface area contributed by atoms with Crippen LogP contribution in [-0.4, -0.2) is 6.10 Å². The van der Waals surface area contributed by atoms with Crippen LogP contribution in [0.2, 0.25) is 0 Å². The van der Waals surface area contributed by atoms with E-state index in [2.05, 4.69) is 6.92 Å². The highest BCUT2D eigenvalue weighted by Gasteiger charge is 2.25. The summed E-state index contributed by atoms with van der Waals surface area (Å²) in [5, 5.41) is 0. The van der Waals surface area contributed by atoms with Gasteiger partial charge in [0.05, 0.1) is 0 Å². The summed E-state index contributed by atoms with van der Waals surface area (Å²) < 4.78 is 18.9. The Morgan fingerprint density at radius 1 is 1.41 bits per heavy atom. The van der Waals surface area contributed by atoms with Crippen LogP contribution in [0.25, 0.3) is 0 Å². The number of ether oxygens (including phenoxy) is 1.